The third-order valence-electron chi connectivity index (χ3n) is 2.33. The van der Waals surface area contributed by atoms with Gasteiger partial charge in [-0.3, -0.25) is 10.4 Å². The van der Waals surface area contributed by atoms with Crippen LogP contribution in [0.15, 0.2) is 24.5 Å². The topological polar surface area (TPSA) is 37.0 Å². The molecule has 1 saturated heterocycles. The average molecular weight is 198 g/mol. The summed E-state index contributed by atoms with van der Waals surface area (Å²) in [7, 11) is 0. The van der Waals surface area contributed by atoms with Gasteiger partial charge in [0.2, 0.25) is 0 Å². The van der Waals surface area contributed by atoms with Crippen molar-refractivity contribution in [3.8, 4) is 0 Å². The molecule has 1 aromatic rings. The van der Waals surface area contributed by atoms with Crippen LogP contribution >= 0.6 is 11.6 Å². The van der Waals surface area contributed by atoms with E-state index in [0.717, 1.165) is 0 Å². The van der Waals surface area contributed by atoms with E-state index in [1.54, 1.807) is 12.4 Å². The lowest BCUT2D eigenvalue weighted by molar-refractivity contribution is 0.560. The molecule has 0 radical (unpaired) electrons. The molecule has 0 aliphatic carbocycles. The van der Waals surface area contributed by atoms with Gasteiger partial charge >= 0.3 is 0 Å². The summed E-state index contributed by atoms with van der Waals surface area (Å²) >= 11 is 6.22. The van der Waals surface area contributed by atoms with Crippen molar-refractivity contribution in [1.29, 1.82) is 0 Å². The average Bonchev–Trinajstić information content (AvgIpc) is 2.49. The first kappa shape index (κ1) is 8.94. The van der Waals surface area contributed by atoms with Crippen LogP contribution in [0.2, 0.25) is 0 Å². The van der Waals surface area contributed by atoms with E-state index < -0.39 is 0 Å². The third-order valence-corrected chi connectivity index (χ3v) is 2.96. The van der Waals surface area contributed by atoms with Gasteiger partial charge in [-0.15, -0.1) is 11.6 Å². The van der Waals surface area contributed by atoms with Crippen molar-refractivity contribution in [1.82, 2.24) is 15.8 Å². The lowest BCUT2D eigenvalue weighted by atomic mass is 10.0. The molecule has 3 atom stereocenters. The fraction of sp³-hybridized carbons (Fsp3) is 0.444. The summed E-state index contributed by atoms with van der Waals surface area (Å²) in [5.74, 6) is 0. The lowest BCUT2D eigenvalue weighted by Crippen LogP contribution is -2.29. The van der Waals surface area contributed by atoms with Gasteiger partial charge in [0.25, 0.3) is 0 Å². The molecule has 0 bridgehead atoms. The first-order valence-electron chi connectivity index (χ1n) is 4.34. The van der Waals surface area contributed by atoms with Crippen molar-refractivity contribution in [3.05, 3.63) is 30.1 Å². The number of nitrogens with one attached hydrogen (secondary N) is 2. The number of hydrogen-bond acceptors (Lipinski definition) is 3. The second-order valence-corrected chi connectivity index (χ2v) is 3.78. The maximum Gasteiger partial charge on any atom is 0.0707 e. The predicted molar refractivity (Wildman–Crippen MR) is 52.4 cm³/mol. The summed E-state index contributed by atoms with van der Waals surface area (Å²) in [6, 6.07) is 4.43. The Kier molecular flexibility index (Phi) is 2.49. The van der Waals surface area contributed by atoms with Gasteiger partial charge in [-0.25, -0.2) is 5.43 Å². The quantitative estimate of drug-likeness (QED) is 0.665. The zero-order valence-corrected chi connectivity index (χ0v) is 8.12. The maximum absolute atomic E-state index is 6.22. The van der Waals surface area contributed by atoms with Crippen LogP contribution in [0.3, 0.4) is 0 Å². The second-order valence-electron chi connectivity index (χ2n) is 3.28. The zero-order chi connectivity index (χ0) is 9.26. The molecular weight excluding hydrogens is 186 g/mol. The van der Waals surface area contributed by atoms with E-state index in [1.165, 1.54) is 5.56 Å². The highest BCUT2D eigenvalue weighted by Crippen LogP contribution is 2.26. The Labute approximate surface area is 82.5 Å². The molecule has 2 rings (SSSR count). The highest BCUT2D eigenvalue weighted by molar-refractivity contribution is 6.21. The van der Waals surface area contributed by atoms with Crippen LogP contribution in [0.1, 0.15) is 18.5 Å². The minimum Gasteiger partial charge on any atom is -0.265 e. The number of aromatic nitrogens is 1. The SMILES string of the molecule is CC1NNC(c2ccncc2)C1Cl. The van der Waals surface area contributed by atoms with Crippen LogP contribution in [-0.2, 0) is 0 Å². The Morgan fingerprint density at radius 1 is 1.31 bits per heavy atom. The molecule has 2 N–H and O–H groups in total. The third kappa shape index (κ3) is 1.68. The first-order chi connectivity index (χ1) is 6.29. The van der Waals surface area contributed by atoms with Gasteiger partial charge in [0.1, 0.15) is 0 Å². The van der Waals surface area contributed by atoms with Crippen molar-refractivity contribution < 1.29 is 0 Å². The number of hydrazine groups is 1. The number of alkyl halides is 1. The van der Waals surface area contributed by atoms with Crippen LogP contribution in [0.4, 0.5) is 0 Å². The monoisotopic (exact) mass is 197 g/mol. The predicted octanol–water partition coefficient (Wildman–Crippen LogP) is 1.23. The van der Waals surface area contributed by atoms with Gasteiger partial charge in [0.15, 0.2) is 0 Å². The molecule has 0 spiro atoms. The largest absolute Gasteiger partial charge is 0.265 e. The van der Waals surface area contributed by atoms with Gasteiger partial charge < -0.3 is 0 Å². The highest BCUT2D eigenvalue weighted by atomic mass is 35.5. The normalized spacial score (nSPS) is 33.5. The Bertz CT molecular complexity index is 277. The van der Waals surface area contributed by atoms with E-state index in [9.17, 15) is 0 Å². The number of nitrogens with zero attached hydrogens (tertiary/aromatic N) is 1. The summed E-state index contributed by atoms with van der Waals surface area (Å²) in [6.07, 6.45) is 3.56. The van der Waals surface area contributed by atoms with Gasteiger partial charge in [-0.2, -0.15) is 0 Å². The summed E-state index contributed by atoms with van der Waals surface area (Å²) < 4.78 is 0. The fourth-order valence-corrected chi connectivity index (χ4v) is 1.78. The van der Waals surface area contributed by atoms with E-state index in [2.05, 4.69) is 22.8 Å². The Morgan fingerprint density at radius 3 is 2.54 bits per heavy atom. The van der Waals surface area contributed by atoms with Crippen LogP contribution in [-0.4, -0.2) is 16.4 Å². The van der Waals surface area contributed by atoms with Crippen molar-refractivity contribution in [2.75, 3.05) is 0 Å². The highest BCUT2D eigenvalue weighted by Gasteiger charge is 2.31. The van der Waals surface area contributed by atoms with Gasteiger partial charge in [0, 0.05) is 18.4 Å². The smallest absolute Gasteiger partial charge is 0.0707 e. The molecule has 13 heavy (non-hydrogen) atoms. The standard InChI is InChI=1S/C9H12ClN3/c1-6-8(10)9(13-12-6)7-2-4-11-5-3-7/h2-6,8-9,12-13H,1H3. The molecule has 0 amide bonds. The summed E-state index contributed by atoms with van der Waals surface area (Å²) in [5.41, 5.74) is 7.45. The molecular formula is C9H12ClN3. The van der Waals surface area contributed by atoms with E-state index in [-0.39, 0.29) is 11.4 Å². The van der Waals surface area contributed by atoms with Gasteiger partial charge in [-0.05, 0) is 24.6 Å². The lowest BCUT2D eigenvalue weighted by Gasteiger charge is -2.13. The molecule has 1 aromatic heterocycles. The summed E-state index contributed by atoms with van der Waals surface area (Å²) in [5, 5.41) is 0.0856. The number of rotatable bonds is 1. The second kappa shape index (κ2) is 3.62. The Morgan fingerprint density at radius 2 is 2.00 bits per heavy atom. The van der Waals surface area contributed by atoms with Crippen LogP contribution in [0.25, 0.3) is 0 Å². The molecule has 1 fully saturated rings. The summed E-state index contributed by atoms with van der Waals surface area (Å²) in [4.78, 5) is 3.97. The molecule has 0 aromatic carbocycles. The number of halogens is 1. The van der Waals surface area contributed by atoms with Crippen LogP contribution in [0.5, 0.6) is 0 Å². The van der Waals surface area contributed by atoms with Gasteiger partial charge in [-0.1, -0.05) is 0 Å². The van der Waals surface area contributed by atoms with E-state index in [1.807, 2.05) is 12.1 Å². The first-order valence-corrected chi connectivity index (χ1v) is 4.78. The molecule has 3 unspecified atom stereocenters. The van der Waals surface area contributed by atoms with Gasteiger partial charge in [0.05, 0.1) is 11.4 Å². The van der Waals surface area contributed by atoms with E-state index in [4.69, 9.17) is 11.6 Å². The molecule has 2 heterocycles. The van der Waals surface area contributed by atoms with Crippen molar-refractivity contribution >= 4 is 11.6 Å². The molecule has 1 aliphatic heterocycles. The fourth-order valence-electron chi connectivity index (χ4n) is 1.51. The molecule has 3 nitrogen and oxygen atoms in total. The molecule has 1 aliphatic rings. The van der Waals surface area contributed by atoms with Crippen LogP contribution in [0, 0.1) is 0 Å². The van der Waals surface area contributed by atoms with Crippen molar-refractivity contribution in [2.45, 2.75) is 24.4 Å². The Hall–Kier alpha value is -0.640. The minimum atomic E-state index is 0.0856. The molecule has 4 heteroatoms. The minimum absolute atomic E-state index is 0.0856. The number of hydrogen-bond donors (Lipinski definition) is 2. The maximum atomic E-state index is 6.22. The van der Waals surface area contributed by atoms with E-state index in [0.29, 0.717) is 6.04 Å². The summed E-state index contributed by atoms with van der Waals surface area (Å²) in [6.45, 7) is 2.06. The number of pyridine rings is 1. The molecule has 0 saturated carbocycles. The van der Waals surface area contributed by atoms with Crippen molar-refractivity contribution in [2.24, 2.45) is 0 Å². The van der Waals surface area contributed by atoms with Crippen molar-refractivity contribution in [3.63, 3.8) is 0 Å². The zero-order valence-electron chi connectivity index (χ0n) is 7.37. The Balaban J connectivity index is 2.19. The van der Waals surface area contributed by atoms with E-state index >= 15 is 0 Å². The molecule has 70 valence electrons. The van der Waals surface area contributed by atoms with Crippen LogP contribution < -0.4 is 10.9 Å².